The van der Waals surface area contributed by atoms with Gasteiger partial charge in [0.1, 0.15) is 17.7 Å². The first-order valence-electron chi connectivity index (χ1n) is 11.8. The van der Waals surface area contributed by atoms with Gasteiger partial charge in [-0.15, -0.1) is 0 Å². The molecule has 1 aliphatic carbocycles. The normalized spacial score (nSPS) is 18.1. The van der Waals surface area contributed by atoms with Gasteiger partial charge < -0.3 is 16.0 Å². The summed E-state index contributed by atoms with van der Waals surface area (Å²) in [4.78, 5) is 28.0. The van der Waals surface area contributed by atoms with Crippen molar-refractivity contribution in [2.45, 2.75) is 50.9 Å². The van der Waals surface area contributed by atoms with Crippen molar-refractivity contribution in [1.82, 2.24) is 10.2 Å². The Bertz CT molecular complexity index is 1190. The van der Waals surface area contributed by atoms with Crippen LogP contribution in [0.25, 0.3) is 0 Å². The molecule has 0 aromatic heterocycles. The molecule has 0 bridgehead atoms. The number of benzene rings is 2. The number of hydrogen-bond donors (Lipinski definition) is 2. The fourth-order valence-corrected chi connectivity index (χ4v) is 4.48. The molecule has 182 valence electrons. The van der Waals surface area contributed by atoms with Crippen LogP contribution in [0.1, 0.15) is 36.0 Å². The molecule has 0 fully saturated rings. The largest absolute Gasteiger partial charge is 0.350 e. The summed E-state index contributed by atoms with van der Waals surface area (Å²) in [6, 6.07) is 12.4. The molecule has 35 heavy (non-hydrogen) atoms. The number of amides is 2. The maximum Gasteiger partial charge on any atom is 0.243 e. The van der Waals surface area contributed by atoms with Crippen LogP contribution in [0, 0.1) is 5.82 Å². The van der Waals surface area contributed by atoms with E-state index in [-0.39, 0.29) is 42.8 Å². The molecule has 2 aliphatic rings. The van der Waals surface area contributed by atoms with Crippen LogP contribution in [0.4, 0.5) is 8.78 Å². The Hall–Kier alpha value is -3.58. The van der Waals surface area contributed by atoms with Gasteiger partial charge in [-0.05, 0) is 53.3 Å². The lowest BCUT2D eigenvalue weighted by atomic mass is 9.92. The lowest BCUT2D eigenvalue weighted by Crippen LogP contribution is -2.53. The molecule has 3 N–H and O–H groups in total. The molecule has 5 nitrogen and oxygen atoms in total. The van der Waals surface area contributed by atoms with Crippen molar-refractivity contribution < 1.29 is 18.4 Å². The maximum absolute atomic E-state index is 14.3. The number of nitrogens with one attached hydrogen (secondary N) is 1. The number of fused-ring (bicyclic) bond motifs is 1. The number of nitrogens with zero attached hydrogens (tertiary/aromatic N) is 1. The minimum Gasteiger partial charge on any atom is -0.350 e. The van der Waals surface area contributed by atoms with Gasteiger partial charge in [0.15, 0.2) is 0 Å². The topological polar surface area (TPSA) is 75.4 Å². The van der Waals surface area contributed by atoms with Gasteiger partial charge in [0.05, 0.1) is 0 Å². The summed E-state index contributed by atoms with van der Waals surface area (Å²) in [6.45, 7) is 0.447. The Labute approximate surface area is 204 Å². The summed E-state index contributed by atoms with van der Waals surface area (Å²) in [5, 5.41) is 2.84. The first kappa shape index (κ1) is 24.5. The highest BCUT2D eigenvalue weighted by Crippen LogP contribution is 2.26. The first-order chi connectivity index (χ1) is 16.9. The zero-order valence-corrected chi connectivity index (χ0v) is 19.4. The number of allylic oxidation sites excluding steroid dienone is 5. The Balaban J connectivity index is 1.47. The van der Waals surface area contributed by atoms with Gasteiger partial charge in [-0.25, -0.2) is 8.78 Å². The third-order valence-corrected chi connectivity index (χ3v) is 6.31. The van der Waals surface area contributed by atoms with Crippen molar-refractivity contribution in [1.29, 1.82) is 0 Å². The lowest BCUT2D eigenvalue weighted by molar-refractivity contribution is -0.142. The van der Waals surface area contributed by atoms with Crippen LogP contribution in [0.15, 0.2) is 84.2 Å². The highest BCUT2D eigenvalue weighted by molar-refractivity contribution is 5.88. The number of nitrogens with two attached hydrogens (primary N) is 1. The van der Waals surface area contributed by atoms with Gasteiger partial charge in [-0.1, -0.05) is 54.6 Å². The third kappa shape index (κ3) is 6.31. The predicted molar refractivity (Wildman–Crippen MR) is 131 cm³/mol. The molecule has 1 aliphatic heterocycles. The second-order valence-corrected chi connectivity index (χ2v) is 8.94. The van der Waals surface area contributed by atoms with E-state index in [4.69, 9.17) is 5.73 Å². The summed E-state index contributed by atoms with van der Waals surface area (Å²) in [5.74, 6) is -1.29. The van der Waals surface area contributed by atoms with Crippen LogP contribution < -0.4 is 11.1 Å². The molecular weight excluding hydrogens is 448 g/mol. The molecule has 0 spiro atoms. The van der Waals surface area contributed by atoms with Gasteiger partial charge in [0, 0.05) is 32.0 Å². The van der Waals surface area contributed by atoms with Crippen molar-refractivity contribution in [2.75, 3.05) is 0 Å². The Morgan fingerprint density at radius 1 is 1.06 bits per heavy atom. The van der Waals surface area contributed by atoms with E-state index in [1.54, 1.807) is 29.2 Å². The highest BCUT2D eigenvalue weighted by Gasteiger charge is 2.35. The molecule has 1 unspecified atom stereocenters. The van der Waals surface area contributed by atoms with Crippen molar-refractivity contribution in [2.24, 2.45) is 5.73 Å². The van der Waals surface area contributed by atoms with E-state index in [0.717, 1.165) is 11.1 Å². The molecule has 7 heteroatoms. The molecule has 0 saturated carbocycles. The van der Waals surface area contributed by atoms with Crippen LogP contribution in [0.5, 0.6) is 0 Å². The highest BCUT2D eigenvalue weighted by atomic mass is 19.1. The number of hydrogen-bond acceptors (Lipinski definition) is 3. The lowest BCUT2D eigenvalue weighted by Gasteiger charge is -2.36. The fraction of sp³-hybridized carbons (Fsp3) is 0.286. The maximum atomic E-state index is 14.3. The minimum atomic E-state index is -0.713. The van der Waals surface area contributed by atoms with Crippen LogP contribution in [0.3, 0.4) is 0 Å². The van der Waals surface area contributed by atoms with Crippen LogP contribution in [-0.4, -0.2) is 28.8 Å². The fourth-order valence-electron chi connectivity index (χ4n) is 4.48. The van der Waals surface area contributed by atoms with Gasteiger partial charge in [0.2, 0.25) is 11.8 Å². The number of rotatable bonds is 7. The third-order valence-electron chi connectivity index (χ3n) is 6.31. The molecule has 1 heterocycles. The summed E-state index contributed by atoms with van der Waals surface area (Å²) < 4.78 is 27.8. The van der Waals surface area contributed by atoms with Crippen molar-refractivity contribution in [3.8, 4) is 0 Å². The second-order valence-electron chi connectivity index (χ2n) is 8.94. The summed E-state index contributed by atoms with van der Waals surface area (Å²) in [5.41, 5.74) is 9.34. The van der Waals surface area contributed by atoms with Crippen molar-refractivity contribution in [3.63, 3.8) is 0 Å². The van der Waals surface area contributed by atoms with Gasteiger partial charge in [-0.2, -0.15) is 0 Å². The molecule has 0 saturated heterocycles. The second kappa shape index (κ2) is 11.2. The minimum absolute atomic E-state index is 0.00974. The average molecular weight is 478 g/mol. The number of carbonyl (C=O) groups is 2. The van der Waals surface area contributed by atoms with Crippen LogP contribution in [-0.2, 0) is 29.1 Å². The van der Waals surface area contributed by atoms with E-state index in [0.29, 0.717) is 30.5 Å². The predicted octanol–water partition coefficient (Wildman–Crippen LogP) is 4.24. The Morgan fingerprint density at radius 2 is 1.83 bits per heavy atom. The number of carbonyl (C=O) groups excluding carboxylic acids is 2. The van der Waals surface area contributed by atoms with E-state index >= 15 is 0 Å². The molecule has 0 radical (unpaired) electrons. The zero-order valence-electron chi connectivity index (χ0n) is 19.4. The molecule has 2 amide bonds. The molecule has 2 aromatic carbocycles. The smallest absolute Gasteiger partial charge is 0.243 e. The zero-order chi connectivity index (χ0) is 24.8. The van der Waals surface area contributed by atoms with Gasteiger partial charge in [0.25, 0.3) is 0 Å². The van der Waals surface area contributed by atoms with Crippen molar-refractivity contribution >= 4 is 11.8 Å². The first-order valence-corrected chi connectivity index (χ1v) is 11.8. The van der Waals surface area contributed by atoms with Crippen molar-refractivity contribution in [3.05, 3.63) is 107 Å². The summed E-state index contributed by atoms with van der Waals surface area (Å²) >= 11 is 0. The summed E-state index contributed by atoms with van der Waals surface area (Å²) in [6.07, 6.45) is 7.94. The van der Waals surface area contributed by atoms with Gasteiger partial charge in [-0.3, -0.25) is 9.59 Å². The average Bonchev–Trinajstić information content (AvgIpc) is 3.05. The van der Waals surface area contributed by atoms with Gasteiger partial charge >= 0.3 is 0 Å². The van der Waals surface area contributed by atoms with E-state index in [1.165, 1.54) is 18.2 Å². The molecular formula is C28H29F2N3O2. The monoisotopic (exact) mass is 477 g/mol. The van der Waals surface area contributed by atoms with E-state index in [2.05, 4.69) is 5.32 Å². The van der Waals surface area contributed by atoms with Crippen LogP contribution >= 0.6 is 0 Å². The standard InChI is InChI=1S/C28H29F2N3O2/c29-23-11-6-7-19(13-23)17-32-28(35)26-15-20-8-4-5-10-22(20)18-33(26)27(34)16-24(31)14-21-9-2-1-3-12-25(21)30/h2-13,24,26H,1,14-18,31H2,(H,32,35)/t24?,26-/m0/s1. The van der Waals surface area contributed by atoms with E-state index in [1.807, 2.05) is 30.3 Å². The number of halogens is 2. The SMILES string of the molecule is NC(CC(=O)N1Cc2ccccc2C[C@H]1C(=O)NCc1cccc(F)c1)CC1=C(F)C=CCC=C1. The molecule has 4 rings (SSSR count). The quantitative estimate of drug-likeness (QED) is 0.626. The Kier molecular flexibility index (Phi) is 7.87. The van der Waals surface area contributed by atoms with E-state index < -0.39 is 12.1 Å². The molecule has 2 aromatic rings. The molecule has 2 atom stereocenters. The van der Waals surface area contributed by atoms with Crippen LogP contribution in [0.2, 0.25) is 0 Å². The Morgan fingerprint density at radius 3 is 2.63 bits per heavy atom. The van der Waals surface area contributed by atoms with E-state index in [9.17, 15) is 18.4 Å². The summed E-state index contributed by atoms with van der Waals surface area (Å²) in [7, 11) is 0.